The van der Waals surface area contributed by atoms with Gasteiger partial charge in [0.1, 0.15) is 6.61 Å². The first-order valence-corrected chi connectivity index (χ1v) is 10.4. The van der Waals surface area contributed by atoms with Gasteiger partial charge in [-0.25, -0.2) is 0 Å². The molecule has 3 rings (SSSR count). The molecule has 0 fully saturated rings. The zero-order chi connectivity index (χ0) is 23.1. The van der Waals surface area contributed by atoms with Crippen molar-refractivity contribution in [3.63, 3.8) is 0 Å². The molecule has 8 heteroatoms. The smallest absolute Gasteiger partial charge is 0.269 e. The number of nitrogens with zero attached hydrogens (tertiary/aromatic N) is 2. The summed E-state index contributed by atoms with van der Waals surface area (Å²) < 4.78 is 11.6. The van der Waals surface area contributed by atoms with Gasteiger partial charge in [0.25, 0.3) is 5.69 Å². The van der Waals surface area contributed by atoms with E-state index in [2.05, 4.69) is 6.07 Å². The van der Waals surface area contributed by atoms with Crippen LogP contribution >= 0.6 is 23.2 Å². The third-order valence-electron chi connectivity index (χ3n) is 4.45. The Bertz CT molecular complexity index is 1180. The number of benzene rings is 3. The minimum absolute atomic E-state index is 0.0464. The molecule has 162 valence electrons. The predicted octanol–water partition coefficient (Wildman–Crippen LogP) is 6.94. The van der Waals surface area contributed by atoms with Crippen molar-refractivity contribution in [2.24, 2.45) is 0 Å². The molecule has 0 unspecified atom stereocenters. The van der Waals surface area contributed by atoms with E-state index in [4.69, 9.17) is 32.7 Å². The van der Waals surface area contributed by atoms with Gasteiger partial charge in [0.05, 0.1) is 28.2 Å². The Labute approximate surface area is 195 Å². The molecule has 0 saturated heterocycles. The van der Waals surface area contributed by atoms with Gasteiger partial charge in [-0.05, 0) is 66.1 Å². The maximum atomic E-state index is 10.8. The molecule has 0 bridgehead atoms. The number of hydrogen-bond acceptors (Lipinski definition) is 5. The highest BCUT2D eigenvalue weighted by molar-refractivity contribution is 6.32. The van der Waals surface area contributed by atoms with E-state index in [1.807, 2.05) is 19.1 Å². The SMILES string of the molecule is CCOc1cc(/C=C(/C#N)c2ccc([N+](=O)[O-])cc2)cc(Cl)c1OCc1ccc(Cl)cc1. The lowest BCUT2D eigenvalue weighted by atomic mass is 10.0. The molecule has 32 heavy (non-hydrogen) atoms. The lowest BCUT2D eigenvalue weighted by molar-refractivity contribution is -0.384. The molecule has 0 aliphatic carbocycles. The van der Waals surface area contributed by atoms with Gasteiger partial charge in [-0.3, -0.25) is 10.1 Å². The lowest BCUT2D eigenvalue weighted by Crippen LogP contribution is -2.01. The number of non-ortho nitro benzene ring substituents is 1. The van der Waals surface area contributed by atoms with Crippen molar-refractivity contribution in [2.75, 3.05) is 6.61 Å². The van der Waals surface area contributed by atoms with Crippen LogP contribution in [0, 0.1) is 21.4 Å². The van der Waals surface area contributed by atoms with Crippen molar-refractivity contribution in [1.29, 1.82) is 5.26 Å². The second-order valence-electron chi connectivity index (χ2n) is 6.65. The zero-order valence-corrected chi connectivity index (χ0v) is 18.6. The topological polar surface area (TPSA) is 85.4 Å². The fraction of sp³-hybridized carbons (Fsp3) is 0.125. The highest BCUT2D eigenvalue weighted by Crippen LogP contribution is 2.38. The second-order valence-corrected chi connectivity index (χ2v) is 7.50. The molecule has 0 aliphatic rings. The standard InChI is InChI=1S/C24H18Cl2N2O4/c1-2-31-23-13-17(11-19(14-27)18-5-9-21(10-6-18)28(29)30)12-22(26)24(23)32-15-16-3-7-20(25)8-4-16/h3-13H,2,15H2,1H3/b19-11-. The Morgan fingerprint density at radius 3 is 2.38 bits per heavy atom. The minimum Gasteiger partial charge on any atom is -0.490 e. The number of allylic oxidation sites excluding steroid dienone is 1. The van der Waals surface area contributed by atoms with Gasteiger partial charge in [-0.15, -0.1) is 0 Å². The summed E-state index contributed by atoms with van der Waals surface area (Å²) in [5.74, 6) is 0.843. The van der Waals surface area contributed by atoms with Crippen molar-refractivity contribution >= 4 is 40.5 Å². The van der Waals surface area contributed by atoms with Crippen molar-refractivity contribution in [1.82, 2.24) is 0 Å². The summed E-state index contributed by atoms with van der Waals surface area (Å²) in [4.78, 5) is 10.4. The maximum Gasteiger partial charge on any atom is 0.269 e. The van der Waals surface area contributed by atoms with Crippen LogP contribution in [-0.4, -0.2) is 11.5 Å². The average Bonchev–Trinajstić information content (AvgIpc) is 2.78. The summed E-state index contributed by atoms with van der Waals surface area (Å²) in [6.07, 6.45) is 1.64. The van der Waals surface area contributed by atoms with E-state index in [1.165, 1.54) is 24.3 Å². The monoisotopic (exact) mass is 468 g/mol. The normalized spacial score (nSPS) is 11.0. The van der Waals surface area contributed by atoms with Gasteiger partial charge in [0.2, 0.25) is 0 Å². The number of nitriles is 1. The van der Waals surface area contributed by atoms with Crippen LogP contribution in [0.1, 0.15) is 23.6 Å². The largest absolute Gasteiger partial charge is 0.490 e. The molecule has 3 aromatic rings. The van der Waals surface area contributed by atoms with Crippen LogP contribution in [0.3, 0.4) is 0 Å². The highest BCUT2D eigenvalue weighted by Gasteiger charge is 2.14. The highest BCUT2D eigenvalue weighted by atomic mass is 35.5. The maximum absolute atomic E-state index is 10.8. The van der Waals surface area contributed by atoms with Crippen LogP contribution < -0.4 is 9.47 Å². The van der Waals surface area contributed by atoms with Gasteiger partial charge in [0, 0.05) is 17.2 Å². The number of rotatable bonds is 8. The summed E-state index contributed by atoms with van der Waals surface area (Å²) in [5, 5.41) is 21.4. The summed E-state index contributed by atoms with van der Waals surface area (Å²) in [5.41, 5.74) is 2.38. The fourth-order valence-corrected chi connectivity index (χ4v) is 3.32. The molecule has 0 aliphatic heterocycles. The van der Waals surface area contributed by atoms with Gasteiger partial charge in [0.15, 0.2) is 11.5 Å². The van der Waals surface area contributed by atoms with Crippen molar-refractivity contribution in [2.45, 2.75) is 13.5 Å². The molecular formula is C24H18Cl2N2O4. The predicted molar refractivity (Wildman–Crippen MR) is 125 cm³/mol. The molecule has 0 N–H and O–H groups in total. The molecule has 0 amide bonds. The molecule has 0 radical (unpaired) electrons. The van der Waals surface area contributed by atoms with Crippen LogP contribution in [0.15, 0.2) is 60.7 Å². The molecule has 0 saturated carbocycles. The molecule has 3 aromatic carbocycles. The number of hydrogen-bond donors (Lipinski definition) is 0. The molecule has 0 spiro atoms. The summed E-state index contributed by atoms with van der Waals surface area (Å²) in [6.45, 7) is 2.52. The molecular weight excluding hydrogens is 451 g/mol. The van der Waals surface area contributed by atoms with E-state index in [9.17, 15) is 15.4 Å². The average molecular weight is 469 g/mol. The Hall–Kier alpha value is -3.53. The van der Waals surface area contributed by atoms with Gasteiger partial charge >= 0.3 is 0 Å². The van der Waals surface area contributed by atoms with Crippen molar-refractivity contribution < 1.29 is 14.4 Å². The van der Waals surface area contributed by atoms with E-state index >= 15 is 0 Å². The number of ether oxygens (including phenoxy) is 2. The zero-order valence-electron chi connectivity index (χ0n) is 17.0. The molecule has 0 atom stereocenters. The first kappa shape index (κ1) is 23.1. The van der Waals surface area contributed by atoms with Crippen molar-refractivity contribution in [3.05, 3.63) is 97.5 Å². The first-order valence-electron chi connectivity index (χ1n) is 9.61. The third-order valence-corrected chi connectivity index (χ3v) is 4.98. The summed E-state index contributed by atoms with van der Waals surface area (Å²) in [7, 11) is 0. The summed E-state index contributed by atoms with van der Waals surface area (Å²) in [6, 6.07) is 18.6. The van der Waals surface area contributed by atoms with Crippen LogP contribution in [0.25, 0.3) is 11.6 Å². The first-order chi connectivity index (χ1) is 15.4. The second kappa shape index (κ2) is 10.7. The van der Waals surface area contributed by atoms with Crippen LogP contribution in [0.5, 0.6) is 11.5 Å². The lowest BCUT2D eigenvalue weighted by Gasteiger charge is -2.15. The summed E-state index contributed by atoms with van der Waals surface area (Å²) >= 11 is 12.4. The van der Waals surface area contributed by atoms with E-state index in [-0.39, 0.29) is 12.3 Å². The van der Waals surface area contributed by atoms with E-state index in [0.29, 0.717) is 44.9 Å². The molecule has 6 nitrogen and oxygen atoms in total. The van der Waals surface area contributed by atoms with Crippen LogP contribution in [0.2, 0.25) is 10.0 Å². The van der Waals surface area contributed by atoms with E-state index in [1.54, 1.807) is 30.3 Å². The number of nitro benzene ring substituents is 1. The van der Waals surface area contributed by atoms with Gasteiger partial charge < -0.3 is 9.47 Å². The number of nitro groups is 1. The number of halogens is 2. The van der Waals surface area contributed by atoms with Gasteiger partial charge in [-0.2, -0.15) is 5.26 Å². The Morgan fingerprint density at radius 2 is 1.78 bits per heavy atom. The van der Waals surface area contributed by atoms with Crippen LogP contribution in [0.4, 0.5) is 5.69 Å². The quantitative estimate of drug-likeness (QED) is 0.154. The van der Waals surface area contributed by atoms with Gasteiger partial charge in [-0.1, -0.05) is 35.3 Å². The van der Waals surface area contributed by atoms with Crippen molar-refractivity contribution in [3.8, 4) is 17.6 Å². The van der Waals surface area contributed by atoms with E-state index < -0.39 is 4.92 Å². The molecule has 0 heterocycles. The minimum atomic E-state index is -0.490. The molecule has 0 aromatic heterocycles. The fourth-order valence-electron chi connectivity index (χ4n) is 2.92. The van der Waals surface area contributed by atoms with Crippen LogP contribution in [-0.2, 0) is 6.61 Å². The van der Waals surface area contributed by atoms with E-state index in [0.717, 1.165) is 5.56 Å². The third kappa shape index (κ3) is 5.79. The Kier molecular flexibility index (Phi) is 7.72. The Balaban J connectivity index is 1.90. The Morgan fingerprint density at radius 1 is 1.09 bits per heavy atom.